The molecule has 27 heavy (non-hydrogen) atoms. The Balaban J connectivity index is 1.66. The third kappa shape index (κ3) is 3.56. The number of aromatic nitrogens is 6. The molecule has 4 rings (SSSR count). The van der Waals surface area contributed by atoms with Crippen LogP contribution in [0, 0.1) is 15.0 Å². The van der Waals surface area contributed by atoms with Gasteiger partial charge < -0.3 is 0 Å². The molecule has 132 valence electrons. The third-order valence-corrected chi connectivity index (χ3v) is 5.26. The summed E-state index contributed by atoms with van der Waals surface area (Å²) in [5.74, 6) is 0.629. The molecule has 0 spiro atoms. The number of nitrogens with zero attached hydrogens (tertiary/aromatic N) is 7. The highest BCUT2D eigenvalue weighted by atomic mass is 127. The lowest BCUT2D eigenvalue weighted by Crippen LogP contribution is -2.05. The maximum Gasteiger partial charge on any atom is 0.186 e. The lowest BCUT2D eigenvalue weighted by atomic mass is 10.1. The summed E-state index contributed by atoms with van der Waals surface area (Å²) in [4.78, 5) is 0. The summed E-state index contributed by atoms with van der Waals surface area (Å²) in [5, 5.41) is 26.1. The van der Waals surface area contributed by atoms with Crippen LogP contribution in [0.15, 0.2) is 54.7 Å². The van der Waals surface area contributed by atoms with Crippen LogP contribution < -0.4 is 0 Å². The molecule has 0 unspecified atom stereocenters. The van der Waals surface area contributed by atoms with E-state index in [-0.39, 0.29) is 0 Å². The van der Waals surface area contributed by atoms with E-state index in [4.69, 9.17) is 16.9 Å². The van der Waals surface area contributed by atoms with Gasteiger partial charge in [0.05, 0.1) is 35.6 Å². The molecule has 0 atom stereocenters. The van der Waals surface area contributed by atoms with Crippen molar-refractivity contribution in [1.29, 1.82) is 5.26 Å². The van der Waals surface area contributed by atoms with Gasteiger partial charge in [-0.3, -0.25) is 0 Å². The van der Waals surface area contributed by atoms with E-state index < -0.39 is 0 Å². The molecule has 2 aromatic heterocycles. The Morgan fingerprint density at radius 2 is 1.81 bits per heavy atom. The van der Waals surface area contributed by atoms with Crippen LogP contribution >= 0.6 is 34.2 Å². The highest BCUT2D eigenvalue weighted by Crippen LogP contribution is 2.26. The monoisotopic (exact) mass is 487 g/mol. The fourth-order valence-corrected chi connectivity index (χ4v) is 3.52. The summed E-state index contributed by atoms with van der Waals surface area (Å²) in [5.41, 5.74) is 3.36. The van der Waals surface area contributed by atoms with Crippen LogP contribution in [-0.2, 0) is 6.54 Å². The predicted molar refractivity (Wildman–Crippen MR) is 108 cm³/mol. The van der Waals surface area contributed by atoms with E-state index in [1.165, 1.54) is 0 Å². The smallest absolute Gasteiger partial charge is 0.186 e. The van der Waals surface area contributed by atoms with Crippen molar-refractivity contribution < 1.29 is 0 Å². The first kappa shape index (κ1) is 17.6. The summed E-state index contributed by atoms with van der Waals surface area (Å²) in [6.45, 7) is 0.496. The molecule has 0 aliphatic heterocycles. The second kappa shape index (κ2) is 7.46. The summed E-state index contributed by atoms with van der Waals surface area (Å²) in [6, 6.07) is 16.9. The first-order chi connectivity index (χ1) is 13.2. The highest BCUT2D eigenvalue weighted by Gasteiger charge is 2.17. The second-order valence-electron chi connectivity index (χ2n) is 5.71. The zero-order valence-corrected chi connectivity index (χ0v) is 16.7. The summed E-state index contributed by atoms with van der Waals surface area (Å²) < 4.78 is 4.42. The van der Waals surface area contributed by atoms with Gasteiger partial charge >= 0.3 is 0 Å². The summed E-state index contributed by atoms with van der Waals surface area (Å²) in [6.07, 6.45) is 1.75. The molecule has 0 aliphatic rings. The Morgan fingerprint density at radius 1 is 1.07 bits per heavy atom. The van der Waals surface area contributed by atoms with Gasteiger partial charge in [-0.15, -0.1) is 5.10 Å². The SMILES string of the molecule is N#Cc1ccc(Cn2nnnc2-c2cnn(-c3ccc(Cl)cc3)c2I)cc1. The molecule has 0 amide bonds. The van der Waals surface area contributed by atoms with E-state index in [9.17, 15) is 0 Å². The highest BCUT2D eigenvalue weighted by molar-refractivity contribution is 14.1. The van der Waals surface area contributed by atoms with Gasteiger partial charge in [-0.2, -0.15) is 10.4 Å². The molecule has 0 saturated carbocycles. The quantitative estimate of drug-likeness (QED) is 0.410. The van der Waals surface area contributed by atoms with Crippen LogP contribution in [0.4, 0.5) is 0 Å². The van der Waals surface area contributed by atoms with Gasteiger partial charge in [0.1, 0.15) is 3.70 Å². The molecule has 0 bridgehead atoms. The predicted octanol–water partition coefficient (Wildman–Crippen LogP) is 3.70. The first-order valence-electron chi connectivity index (χ1n) is 7.91. The number of nitriles is 1. The van der Waals surface area contributed by atoms with Gasteiger partial charge in [-0.1, -0.05) is 23.7 Å². The van der Waals surface area contributed by atoms with Crippen LogP contribution in [-0.4, -0.2) is 30.0 Å². The Hall–Kier alpha value is -2.77. The number of rotatable bonds is 4. The van der Waals surface area contributed by atoms with E-state index in [1.54, 1.807) is 23.0 Å². The van der Waals surface area contributed by atoms with Crippen molar-refractivity contribution >= 4 is 34.2 Å². The van der Waals surface area contributed by atoms with Gasteiger partial charge in [0, 0.05) is 5.02 Å². The first-order valence-corrected chi connectivity index (χ1v) is 9.36. The zero-order valence-electron chi connectivity index (χ0n) is 13.8. The van der Waals surface area contributed by atoms with Gasteiger partial charge in [0.25, 0.3) is 0 Å². The standard InChI is InChI=1S/C18H11ClIN7/c19-14-5-7-15(8-6-14)27-17(20)16(10-22-27)18-23-24-25-26(18)11-13-3-1-12(9-21)2-4-13/h1-8,10H,11H2. The summed E-state index contributed by atoms with van der Waals surface area (Å²) in [7, 11) is 0. The molecule has 2 aromatic carbocycles. The minimum absolute atomic E-state index is 0.496. The van der Waals surface area contributed by atoms with Crippen LogP contribution in [0.5, 0.6) is 0 Å². The Kier molecular flexibility index (Phi) is 4.87. The van der Waals surface area contributed by atoms with Crippen molar-refractivity contribution in [2.45, 2.75) is 6.54 Å². The number of tetrazole rings is 1. The molecular formula is C18H11ClIN7. The Morgan fingerprint density at radius 3 is 2.52 bits per heavy atom. The molecular weight excluding hydrogens is 477 g/mol. The summed E-state index contributed by atoms with van der Waals surface area (Å²) >= 11 is 8.19. The zero-order chi connectivity index (χ0) is 18.8. The maximum atomic E-state index is 8.91. The second-order valence-corrected chi connectivity index (χ2v) is 7.16. The number of benzene rings is 2. The van der Waals surface area contributed by atoms with Crippen LogP contribution in [0.3, 0.4) is 0 Å². The molecule has 9 heteroatoms. The number of halogens is 2. The molecule has 0 radical (unpaired) electrons. The van der Waals surface area contributed by atoms with E-state index >= 15 is 0 Å². The fourth-order valence-electron chi connectivity index (χ4n) is 2.61. The van der Waals surface area contributed by atoms with Crippen LogP contribution in [0.1, 0.15) is 11.1 Å². The van der Waals surface area contributed by atoms with Crippen molar-refractivity contribution in [2.75, 3.05) is 0 Å². The lowest BCUT2D eigenvalue weighted by molar-refractivity contribution is 0.653. The molecule has 0 aliphatic carbocycles. The minimum atomic E-state index is 0.496. The van der Waals surface area contributed by atoms with E-state index in [0.29, 0.717) is 23.0 Å². The van der Waals surface area contributed by atoms with Crippen molar-refractivity contribution in [3.05, 3.63) is 74.6 Å². The van der Waals surface area contributed by atoms with Gasteiger partial charge in [-0.05, 0) is 75.0 Å². The Bertz CT molecular complexity index is 1120. The maximum absolute atomic E-state index is 8.91. The largest absolute Gasteiger partial charge is 0.227 e. The molecule has 4 aromatic rings. The third-order valence-electron chi connectivity index (χ3n) is 3.97. The molecule has 0 N–H and O–H groups in total. The van der Waals surface area contributed by atoms with Crippen molar-refractivity contribution in [3.63, 3.8) is 0 Å². The average Bonchev–Trinajstić information content (AvgIpc) is 3.29. The van der Waals surface area contributed by atoms with Crippen molar-refractivity contribution in [3.8, 4) is 23.1 Å². The number of hydrogen-bond donors (Lipinski definition) is 0. The fraction of sp³-hybridized carbons (Fsp3) is 0.0556. The van der Waals surface area contributed by atoms with E-state index in [0.717, 1.165) is 20.5 Å². The number of hydrogen-bond acceptors (Lipinski definition) is 5. The van der Waals surface area contributed by atoms with Crippen molar-refractivity contribution in [1.82, 2.24) is 30.0 Å². The minimum Gasteiger partial charge on any atom is -0.227 e. The van der Waals surface area contributed by atoms with Crippen LogP contribution in [0.2, 0.25) is 5.02 Å². The van der Waals surface area contributed by atoms with Gasteiger partial charge in [0.2, 0.25) is 0 Å². The molecule has 0 saturated heterocycles. The van der Waals surface area contributed by atoms with E-state index in [1.807, 2.05) is 41.1 Å². The molecule has 0 fully saturated rings. The average molecular weight is 488 g/mol. The van der Waals surface area contributed by atoms with Crippen molar-refractivity contribution in [2.24, 2.45) is 0 Å². The molecule has 7 nitrogen and oxygen atoms in total. The van der Waals surface area contributed by atoms with Gasteiger partial charge in [-0.25, -0.2) is 9.36 Å². The molecule has 2 heterocycles. The van der Waals surface area contributed by atoms with Gasteiger partial charge in [0.15, 0.2) is 5.82 Å². The normalized spacial score (nSPS) is 10.7. The van der Waals surface area contributed by atoms with Crippen LogP contribution in [0.25, 0.3) is 17.1 Å². The van der Waals surface area contributed by atoms with E-state index in [2.05, 4.69) is 49.3 Å². The Labute approximate surface area is 173 Å². The lowest BCUT2D eigenvalue weighted by Gasteiger charge is -2.06. The topological polar surface area (TPSA) is 85.2 Å².